The summed E-state index contributed by atoms with van der Waals surface area (Å²) in [7, 11) is 0. The Kier molecular flexibility index (Phi) is 11.5. The van der Waals surface area contributed by atoms with Crippen LogP contribution in [-0.4, -0.2) is 12.1 Å². The van der Waals surface area contributed by atoms with E-state index < -0.39 is 0 Å². The second-order valence-corrected chi connectivity index (χ2v) is 7.23. The van der Waals surface area contributed by atoms with Crippen LogP contribution in [0.15, 0.2) is 17.2 Å². The van der Waals surface area contributed by atoms with Gasteiger partial charge in [-0.25, -0.2) is 5.43 Å². The quantitative estimate of drug-likeness (QED) is 0.281. The fourth-order valence-electron chi connectivity index (χ4n) is 2.47. The minimum Gasteiger partial charge on any atom is -0.273 e. The third-order valence-corrected chi connectivity index (χ3v) is 5.08. The first-order valence-corrected chi connectivity index (χ1v) is 9.98. The zero-order chi connectivity index (χ0) is 16.8. The van der Waals surface area contributed by atoms with E-state index in [2.05, 4.69) is 30.4 Å². The lowest BCUT2D eigenvalue weighted by atomic mass is 10.1. The minimum absolute atomic E-state index is 0.0245. The van der Waals surface area contributed by atoms with Crippen molar-refractivity contribution >= 4 is 23.5 Å². The topological polar surface area (TPSA) is 41.5 Å². The highest BCUT2D eigenvalue weighted by atomic mass is 32.1. The van der Waals surface area contributed by atoms with Gasteiger partial charge in [-0.05, 0) is 25.0 Å². The summed E-state index contributed by atoms with van der Waals surface area (Å²) < 4.78 is 0. The lowest BCUT2D eigenvalue weighted by Gasteiger charge is -2.02. The van der Waals surface area contributed by atoms with Crippen LogP contribution in [0, 0.1) is 0 Å². The first kappa shape index (κ1) is 19.9. The number of carbonyl (C=O) groups excluding carboxylic acids is 1. The van der Waals surface area contributed by atoms with Crippen molar-refractivity contribution < 1.29 is 4.79 Å². The van der Waals surface area contributed by atoms with Crippen molar-refractivity contribution in [3.8, 4) is 0 Å². The molecule has 0 fully saturated rings. The largest absolute Gasteiger partial charge is 0.273 e. The van der Waals surface area contributed by atoms with Crippen molar-refractivity contribution in [3.05, 3.63) is 21.9 Å². The molecule has 0 aliphatic carbocycles. The van der Waals surface area contributed by atoms with Gasteiger partial charge in [-0.15, -0.1) is 11.3 Å². The number of nitrogens with one attached hydrogen (secondary N) is 1. The molecule has 4 heteroatoms. The van der Waals surface area contributed by atoms with Crippen LogP contribution in [0.25, 0.3) is 0 Å². The number of hydrogen-bond donors (Lipinski definition) is 1. The standard InChI is InChI=1S/C19H32N2OS/c1-3-5-6-7-8-9-10-11-12-13-19(22)21-20-16-18-15-14-17(4-2)23-18/h14-16H,3-13H2,1-2H3,(H,21,22)/b20-16+. The van der Waals surface area contributed by atoms with Crippen LogP contribution in [0.3, 0.4) is 0 Å². The van der Waals surface area contributed by atoms with E-state index in [1.807, 2.05) is 6.07 Å². The second-order valence-electron chi connectivity index (χ2n) is 6.03. The number of thiophene rings is 1. The molecule has 1 amide bonds. The molecule has 0 aromatic carbocycles. The maximum atomic E-state index is 11.7. The maximum Gasteiger partial charge on any atom is 0.240 e. The summed E-state index contributed by atoms with van der Waals surface area (Å²) in [6, 6.07) is 4.15. The molecule has 1 aromatic heterocycles. The molecule has 1 aromatic rings. The minimum atomic E-state index is 0.0245. The van der Waals surface area contributed by atoms with Gasteiger partial charge in [0.2, 0.25) is 5.91 Å². The third kappa shape index (κ3) is 10.3. The lowest BCUT2D eigenvalue weighted by Crippen LogP contribution is -2.16. The molecule has 0 saturated heterocycles. The van der Waals surface area contributed by atoms with Crippen LogP contribution in [0.5, 0.6) is 0 Å². The Morgan fingerprint density at radius 3 is 2.30 bits per heavy atom. The Morgan fingerprint density at radius 2 is 1.70 bits per heavy atom. The summed E-state index contributed by atoms with van der Waals surface area (Å²) in [5.41, 5.74) is 2.62. The summed E-state index contributed by atoms with van der Waals surface area (Å²) in [5, 5.41) is 4.03. The number of unbranched alkanes of at least 4 members (excludes halogenated alkanes) is 8. The molecule has 1 N–H and O–H groups in total. The number of aryl methyl sites for hydroxylation is 1. The maximum absolute atomic E-state index is 11.7. The zero-order valence-electron chi connectivity index (χ0n) is 14.8. The van der Waals surface area contributed by atoms with Gasteiger partial charge in [0.25, 0.3) is 0 Å². The molecule has 130 valence electrons. The SMILES string of the molecule is CCCCCCCCCCCC(=O)N/N=C/c1ccc(CC)s1. The average molecular weight is 337 g/mol. The molecule has 0 unspecified atom stereocenters. The first-order valence-electron chi connectivity index (χ1n) is 9.16. The molecule has 0 atom stereocenters. The molecule has 0 aliphatic rings. The van der Waals surface area contributed by atoms with E-state index in [4.69, 9.17) is 0 Å². The van der Waals surface area contributed by atoms with Gasteiger partial charge in [0, 0.05) is 16.2 Å². The van der Waals surface area contributed by atoms with Crippen molar-refractivity contribution in [2.45, 2.75) is 84.5 Å². The number of nitrogens with zero attached hydrogens (tertiary/aromatic N) is 1. The van der Waals surface area contributed by atoms with E-state index in [9.17, 15) is 4.79 Å². The molecule has 1 rings (SSSR count). The molecule has 0 aliphatic heterocycles. The Morgan fingerprint density at radius 1 is 1.04 bits per heavy atom. The van der Waals surface area contributed by atoms with E-state index in [0.717, 1.165) is 24.1 Å². The molecule has 1 heterocycles. The van der Waals surface area contributed by atoms with E-state index in [0.29, 0.717) is 6.42 Å². The number of rotatable bonds is 13. The van der Waals surface area contributed by atoms with Crippen molar-refractivity contribution in [3.63, 3.8) is 0 Å². The Bertz CT molecular complexity index is 454. The molecule has 23 heavy (non-hydrogen) atoms. The molecule has 0 bridgehead atoms. The molecule has 3 nitrogen and oxygen atoms in total. The number of hydrogen-bond acceptors (Lipinski definition) is 3. The summed E-state index contributed by atoms with van der Waals surface area (Å²) in [5.74, 6) is 0.0245. The monoisotopic (exact) mass is 336 g/mol. The predicted octanol–water partition coefficient (Wildman–Crippen LogP) is 5.68. The van der Waals surface area contributed by atoms with Gasteiger partial charge in [-0.2, -0.15) is 5.10 Å². The van der Waals surface area contributed by atoms with Crippen LogP contribution in [0.4, 0.5) is 0 Å². The van der Waals surface area contributed by atoms with Crippen molar-refractivity contribution in [2.24, 2.45) is 5.10 Å². The predicted molar refractivity (Wildman–Crippen MR) is 101 cm³/mol. The lowest BCUT2D eigenvalue weighted by molar-refractivity contribution is -0.121. The van der Waals surface area contributed by atoms with Crippen molar-refractivity contribution in [2.75, 3.05) is 0 Å². The zero-order valence-corrected chi connectivity index (χ0v) is 15.6. The van der Waals surface area contributed by atoms with Crippen molar-refractivity contribution in [1.82, 2.24) is 5.43 Å². The van der Waals surface area contributed by atoms with Crippen LogP contribution >= 0.6 is 11.3 Å². The highest BCUT2D eigenvalue weighted by molar-refractivity contribution is 7.13. The molecule has 0 spiro atoms. The van der Waals surface area contributed by atoms with Crippen LogP contribution < -0.4 is 5.43 Å². The van der Waals surface area contributed by atoms with Crippen LogP contribution in [0.1, 0.15) is 87.8 Å². The van der Waals surface area contributed by atoms with Crippen LogP contribution in [0.2, 0.25) is 0 Å². The summed E-state index contributed by atoms with van der Waals surface area (Å²) >= 11 is 1.72. The summed E-state index contributed by atoms with van der Waals surface area (Å²) in [6.07, 6.45) is 14.8. The average Bonchev–Trinajstić information content (AvgIpc) is 3.01. The highest BCUT2D eigenvalue weighted by Gasteiger charge is 2.00. The van der Waals surface area contributed by atoms with Gasteiger partial charge in [0.15, 0.2) is 0 Å². The number of amides is 1. The highest BCUT2D eigenvalue weighted by Crippen LogP contribution is 2.14. The normalized spacial score (nSPS) is 11.2. The first-order chi connectivity index (χ1) is 11.3. The van der Waals surface area contributed by atoms with Gasteiger partial charge >= 0.3 is 0 Å². The molecule has 0 saturated carbocycles. The van der Waals surface area contributed by atoms with Gasteiger partial charge in [0.05, 0.1) is 6.21 Å². The Balaban J connectivity index is 1.98. The fourth-order valence-corrected chi connectivity index (χ4v) is 3.30. The Hall–Kier alpha value is -1.16. The molecule has 0 radical (unpaired) electrons. The van der Waals surface area contributed by atoms with E-state index in [1.54, 1.807) is 17.6 Å². The fraction of sp³-hybridized carbons (Fsp3) is 0.684. The molecular weight excluding hydrogens is 304 g/mol. The molecular formula is C19H32N2OS. The number of hydrazone groups is 1. The second kappa shape index (κ2) is 13.3. The van der Waals surface area contributed by atoms with Gasteiger partial charge in [0.1, 0.15) is 0 Å². The third-order valence-electron chi connectivity index (χ3n) is 3.92. The van der Waals surface area contributed by atoms with Gasteiger partial charge < -0.3 is 0 Å². The Labute approximate surface area is 145 Å². The van der Waals surface area contributed by atoms with Crippen LogP contribution in [-0.2, 0) is 11.2 Å². The van der Waals surface area contributed by atoms with Gasteiger partial charge in [-0.3, -0.25) is 4.79 Å². The summed E-state index contributed by atoms with van der Waals surface area (Å²) in [6.45, 7) is 4.39. The van der Waals surface area contributed by atoms with E-state index in [-0.39, 0.29) is 5.91 Å². The van der Waals surface area contributed by atoms with E-state index in [1.165, 1.54) is 49.8 Å². The van der Waals surface area contributed by atoms with Gasteiger partial charge in [-0.1, -0.05) is 65.2 Å². The summed E-state index contributed by atoms with van der Waals surface area (Å²) in [4.78, 5) is 14.1. The van der Waals surface area contributed by atoms with E-state index >= 15 is 0 Å². The van der Waals surface area contributed by atoms with Crippen molar-refractivity contribution in [1.29, 1.82) is 0 Å². The number of carbonyl (C=O) groups is 1. The smallest absolute Gasteiger partial charge is 0.240 e.